The second kappa shape index (κ2) is 6.27. The van der Waals surface area contributed by atoms with Crippen LogP contribution in [0.2, 0.25) is 0 Å². The molecular formula is C9H19NO2S. The first-order valence-corrected chi connectivity index (χ1v) is 5.54. The zero-order chi connectivity index (χ0) is 10.4. The van der Waals surface area contributed by atoms with Crippen molar-refractivity contribution in [1.82, 2.24) is 5.32 Å². The lowest BCUT2D eigenvalue weighted by Gasteiger charge is -2.18. The van der Waals surface area contributed by atoms with Gasteiger partial charge in [0.1, 0.15) is 0 Å². The van der Waals surface area contributed by atoms with Crippen molar-refractivity contribution in [2.24, 2.45) is 0 Å². The predicted molar refractivity (Wildman–Crippen MR) is 56.9 cm³/mol. The Morgan fingerprint density at radius 3 is 2.38 bits per heavy atom. The molecule has 3 nitrogen and oxygen atoms in total. The molecule has 0 aromatic carbocycles. The van der Waals surface area contributed by atoms with Crippen LogP contribution in [0.5, 0.6) is 0 Å². The maximum Gasteiger partial charge on any atom is 0.232 e. The third-order valence-electron chi connectivity index (χ3n) is 1.82. The van der Waals surface area contributed by atoms with Crippen molar-refractivity contribution >= 4 is 17.7 Å². The summed E-state index contributed by atoms with van der Waals surface area (Å²) in [7, 11) is 0. The topological polar surface area (TPSA) is 49.3 Å². The van der Waals surface area contributed by atoms with Crippen molar-refractivity contribution in [2.45, 2.75) is 44.3 Å². The normalized spacial score (nSPS) is 17.6. The summed E-state index contributed by atoms with van der Waals surface area (Å²) in [6.07, 6.45) is -0.373. The van der Waals surface area contributed by atoms with Gasteiger partial charge in [0.05, 0.1) is 11.4 Å². The molecule has 2 N–H and O–H groups in total. The molecule has 0 fully saturated rings. The number of hydrogen-bond donors (Lipinski definition) is 2. The van der Waals surface area contributed by atoms with Gasteiger partial charge in [-0.05, 0) is 20.8 Å². The predicted octanol–water partition coefficient (Wildman–Crippen LogP) is 1.01. The molecule has 13 heavy (non-hydrogen) atoms. The zero-order valence-corrected chi connectivity index (χ0v) is 9.52. The van der Waals surface area contributed by atoms with E-state index in [0.29, 0.717) is 6.54 Å². The summed E-state index contributed by atoms with van der Waals surface area (Å²) in [6, 6.07) is 0. The van der Waals surface area contributed by atoms with Gasteiger partial charge >= 0.3 is 0 Å². The molecule has 0 saturated carbocycles. The molecule has 3 unspecified atom stereocenters. The van der Waals surface area contributed by atoms with Gasteiger partial charge in [-0.1, -0.05) is 6.92 Å². The van der Waals surface area contributed by atoms with Crippen molar-refractivity contribution < 1.29 is 9.90 Å². The van der Waals surface area contributed by atoms with E-state index in [0.717, 1.165) is 0 Å². The van der Waals surface area contributed by atoms with Crippen LogP contribution in [0.1, 0.15) is 27.7 Å². The number of carbonyl (C=O) groups excluding carboxylic acids is 1. The van der Waals surface area contributed by atoms with E-state index in [1.54, 1.807) is 6.92 Å². The zero-order valence-electron chi connectivity index (χ0n) is 8.70. The molecule has 0 heterocycles. The minimum Gasteiger partial charge on any atom is -0.392 e. The van der Waals surface area contributed by atoms with Crippen LogP contribution in [0.4, 0.5) is 0 Å². The van der Waals surface area contributed by atoms with Crippen LogP contribution in [-0.2, 0) is 4.79 Å². The summed E-state index contributed by atoms with van der Waals surface area (Å²) in [6.45, 7) is 8.07. The Hall–Kier alpha value is -0.220. The molecule has 0 radical (unpaired) electrons. The van der Waals surface area contributed by atoms with Gasteiger partial charge in [-0.15, -0.1) is 11.8 Å². The summed E-state index contributed by atoms with van der Waals surface area (Å²) in [5.41, 5.74) is 0. The number of aliphatic hydroxyl groups is 1. The van der Waals surface area contributed by atoms with E-state index in [9.17, 15) is 9.90 Å². The van der Waals surface area contributed by atoms with Crippen molar-refractivity contribution in [2.75, 3.05) is 6.54 Å². The van der Waals surface area contributed by atoms with E-state index in [-0.39, 0.29) is 22.5 Å². The van der Waals surface area contributed by atoms with Gasteiger partial charge in [0.2, 0.25) is 5.91 Å². The van der Waals surface area contributed by atoms with Crippen LogP contribution >= 0.6 is 11.8 Å². The Morgan fingerprint density at radius 1 is 1.46 bits per heavy atom. The summed E-state index contributed by atoms with van der Waals surface area (Å²) in [5, 5.41) is 12.0. The molecule has 0 aliphatic carbocycles. The highest BCUT2D eigenvalue weighted by molar-refractivity contribution is 8.01. The van der Waals surface area contributed by atoms with Gasteiger partial charge < -0.3 is 10.4 Å². The maximum atomic E-state index is 11.3. The lowest BCUT2D eigenvalue weighted by Crippen LogP contribution is -2.32. The number of aliphatic hydroxyl groups excluding tert-OH is 1. The monoisotopic (exact) mass is 205 g/mol. The summed E-state index contributed by atoms with van der Waals surface area (Å²) >= 11 is 1.49. The molecule has 0 aliphatic rings. The van der Waals surface area contributed by atoms with Gasteiger partial charge in [-0.3, -0.25) is 4.79 Å². The Bertz CT molecular complexity index is 162. The van der Waals surface area contributed by atoms with Crippen molar-refractivity contribution in [3.8, 4) is 0 Å². The highest BCUT2D eigenvalue weighted by Gasteiger charge is 2.18. The molecule has 0 aliphatic heterocycles. The van der Waals surface area contributed by atoms with E-state index in [1.807, 2.05) is 20.8 Å². The van der Waals surface area contributed by atoms with Gasteiger partial charge in [-0.2, -0.15) is 0 Å². The van der Waals surface area contributed by atoms with Crippen LogP contribution < -0.4 is 5.32 Å². The number of thioether (sulfide) groups is 1. The lowest BCUT2D eigenvalue weighted by atomic mass is 10.3. The summed E-state index contributed by atoms with van der Waals surface area (Å²) in [4.78, 5) is 11.3. The fourth-order valence-electron chi connectivity index (χ4n) is 0.815. The molecule has 3 atom stereocenters. The fraction of sp³-hybridized carbons (Fsp3) is 0.889. The standard InChI is InChI=1S/C9H19NO2S/c1-5-10-9(12)8(4)13-7(3)6(2)11/h6-8,11H,5H2,1-4H3,(H,10,12). The van der Waals surface area contributed by atoms with Crippen molar-refractivity contribution in [3.05, 3.63) is 0 Å². The van der Waals surface area contributed by atoms with Crippen LogP contribution in [0.15, 0.2) is 0 Å². The van der Waals surface area contributed by atoms with E-state index in [2.05, 4.69) is 5.32 Å². The van der Waals surface area contributed by atoms with Crippen molar-refractivity contribution in [1.29, 1.82) is 0 Å². The SMILES string of the molecule is CCNC(=O)C(C)SC(C)C(C)O. The fourth-order valence-corrected chi connectivity index (χ4v) is 1.89. The smallest absolute Gasteiger partial charge is 0.232 e. The number of rotatable bonds is 5. The first kappa shape index (κ1) is 12.8. The van der Waals surface area contributed by atoms with E-state index in [4.69, 9.17) is 0 Å². The van der Waals surface area contributed by atoms with Gasteiger partial charge in [0, 0.05) is 11.8 Å². The Balaban J connectivity index is 3.85. The average Bonchev–Trinajstić information content (AvgIpc) is 2.04. The molecule has 0 aromatic heterocycles. The van der Waals surface area contributed by atoms with Crippen LogP contribution in [-0.4, -0.2) is 34.2 Å². The van der Waals surface area contributed by atoms with Gasteiger partial charge in [0.25, 0.3) is 0 Å². The number of carbonyl (C=O) groups is 1. The van der Waals surface area contributed by atoms with Gasteiger partial charge in [0.15, 0.2) is 0 Å². The molecule has 0 saturated heterocycles. The third kappa shape index (κ3) is 5.16. The Labute approximate surface area is 84.3 Å². The number of hydrogen-bond acceptors (Lipinski definition) is 3. The molecule has 0 spiro atoms. The Kier molecular flexibility index (Phi) is 6.16. The first-order chi connectivity index (χ1) is 5.99. The lowest BCUT2D eigenvalue weighted by molar-refractivity contribution is -0.120. The molecule has 0 rings (SSSR count). The molecule has 1 amide bonds. The van der Waals surface area contributed by atoms with Crippen LogP contribution in [0.25, 0.3) is 0 Å². The quantitative estimate of drug-likeness (QED) is 0.704. The van der Waals surface area contributed by atoms with Crippen LogP contribution in [0.3, 0.4) is 0 Å². The highest BCUT2D eigenvalue weighted by atomic mass is 32.2. The summed E-state index contributed by atoms with van der Waals surface area (Å²) < 4.78 is 0. The Morgan fingerprint density at radius 2 is 2.00 bits per heavy atom. The number of nitrogens with one attached hydrogen (secondary N) is 1. The minimum absolute atomic E-state index is 0.0417. The molecule has 0 bridgehead atoms. The number of amides is 1. The molecule has 4 heteroatoms. The maximum absolute atomic E-state index is 11.3. The van der Waals surface area contributed by atoms with E-state index < -0.39 is 0 Å². The molecule has 0 aromatic rings. The van der Waals surface area contributed by atoms with E-state index >= 15 is 0 Å². The minimum atomic E-state index is -0.373. The van der Waals surface area contributed by atoms with E-state index in [1.165, 1.54) is 11.8 Å². The second-order valence-electron chi connectivity index (χ2n) is 3.12. The van der Waals surface area contributed by atoms with Gasteiger partial charge in [-0.25, -0.2) is 0 Å². The summed E-state index contributed by atoms with van der Waals surface area (Å²) in [5.74, 6) is 0.0417. The molecule has 78 valence electrons. The molecular weight excluding hydrogens is 186 g/mol. The highest BCUT2D eigenvalue weighted by Crippen LogP contribution is 2.20. The average molecular weight is 205 g/mol. The van der Waals surface area contributed by atoms with Crippen LogP contribution in [0, 0.1) is 0 Å². The first-order valence-electron chi connectivity index (χ1n) is 4.60. The largest absolute Gasteiger partial charge is 0.392 e. The van der Waals surface area contributed by atoms with Crippen molar-refractivity contribution in [3.63, 3.8) is 0 Å². The second-order valence-corrected chi connectivity index (χ2v) is 4.84. The third-order valence-corrected chi connectivity index (χ3v) is 3.26.